The van der Waals surface area contributed by atoms with Crippen molar-refractivity contribution in [3.63, 3.8) is 0 Å². The molecule has 2 bridgehead atoms. The normalized spacial score (nSPS) is 28.1. The maximum Gasteiger partial charge on any atom is 0.234 e. The number of aryl methyl sites for hydroxylation is 1. The van der Waals surface area contributed by atoms with E-state index in [1.165, 1.54) is 18.4 Å². The van der Waals surface area contributed by atoms with E-state index >= 15 is 0 Å². The third-order valence-corrected chi connectivity index (χ3v) is 6.36. The highest BCUT2D eigenvalue weighted by Gasteiger charge is 2.60. The summed E-state index contributed by atoms with van der Waals surface area (Å²) < 4.78 is 0. The van der Waals surface area contributed by atoms with Gasteiger partial charge in [0, 0.05) is 5.69 Å². The summed E-state index contributed by atoms with van der Waals surface area (Å²) in [4.78, 5) is 13.0. The molecule has 2 unspecified atom stereocenters. The predicted molar refractivity (Wildman–Crippen MR) is 96.4 cm³/mol. The number of unbranched alkanes of at least 4 members (excludes halogenated alkanes) is 1. The highest BCUT2D eigenvalue weighted by molar-refractivity contribution is 5.98. The van der Waals surface area contributed by atoms with E-state index in [1.54, 1.807) is 0 Å². The van der Waals surface area contributed by atoms with Crippen molar-refractivity contribution < 1.29 is 4.79 Å². The van der Waals surface area contributed by atoms with E-state index in [9.17, 15) is 4.79 Å². The Morgan fingerprint density at radius 3 is 2.57 bits per heavy atom. The fourth-order valence-electron chi connectivity index (χ4n) is 4.53. The average molecular weight is 311 g/mol. The van der Waals surface area contributed by atoms with Gasteiger partial charge in [0.1, 0.15) is 0 Å². The molecule has 2 nitrogen and oxygen atoms in total. The summed E-state index contributed by atoms with van der Waals surface area (Å²) in [5.41, 5.74) is 3.15. The van der Waals surface area contributed by atoms with Crippen LogP contribution in [-0.2, 0) is 11.2 Å². The van der Waals surface area contributed by atoms with Crippen molar-refractivity contribution in [3.8, 4) is 0 Å². The molecule has 0 heterocycles. The molecule has 2 heteroatoms. The molecule has 1 aromatic carbocycles. The molecule has 3 rings (SSSR count). The number of rotatable bonds is 5. The Bertz CT molecular complexity index is 613. The summed E-state index contributed by atoms with van der Waals surface area (Å²) in [6.45, 7) is 11.0. The molecule has 124 valence electrons. The van der Waals surface area contributed by atoms with Gasteiger partial charge in [-0.25, -0.2) is 0 Å². The molecule has 1 N–H and O–H groups in total. The molecule has 2 aliphatic carbocycles. The zero-order valence-electron chi connectivity index (χ0n) is 14.7. The number of fused-ring (bicyclic) bond motifs is 2. The second kappa shape index (κ2) is 5.81. The number of carbonyl (C=O) groups is 1. The Labute approximate surface area is 140 Å². The Balaban J connectivity index is 1.71. The molecule has 0 saturated heterocycles. The van der Waals surface area contributed by atoms with Gasteiger partial charge in [0.05, 0.1) is 5.41 Å². The lowest BCUT2D eigenvalue weighted by Gasteiger charge is -2.37. The van der Waals surface area contributed by atoms with E-state index < -0.39 is 0 Å². The lowest BCUT2D eigenvalue weighted by atomic mass is 9.68. The highest BCUT2D eigenvalue weighted by atomic mass is 16.2. The first-order chi connectivity index (χ1) is 10.9. The molecule has 2 atom stereocenters. The summed E-state index contributed by atoms with van der Waals surface area (Å²) in [6, 6.07) is 8.34. The molecule has 0 radical (unpaired) electrons. The predicted octanol–water partition coefficient (Wildman–Crippen LogP) is 5.35. The molecule has 2 fully saturated rings. The summed E-state index contributed by atoms with van der Waals surface area (Å²) in [5.74, 6) is 0.758. The summed E-state index contributed by atoms with van der Waals surface area (Å²) in [5, 5.41) is 3.15. The van der Waals surface area contributed by atoms with Gasteiger partial charge < -0.3 is 5.32 Å². The van der Waals surface area contributed by atoms with Crippen LogP contribution in [0.15, 0.2) is 36.4 Å². The zero-order chi connectivity index (χ0) is 16.7. The zero-order valence-corrected chi connectivity index (χ0v) is 14.7. The van der Waals surface area contributed by atoms with Gasteiger partial charge in [-0.2, -0.15) is 0 Å². The van der Waals surface area contributed by atoms with Gasteiger partial charge in [-0.15, -0.1) is 0 Å². The lowest BCUT2D eigenvalue weighted by Crippen LogP contribution is -2.37. The van der Waals surface area contributed by atoms with Crippen molar-refractivity contribution in [2.45, 2.75) is 59.3 Å². The minimum Gasteiger partial charge on any atom is -0.325 e. The molecular weight excluding hydrogens is 282 g/mol. The second-order valence-electron chi connectivity index (χ2n) is 7.98. The molecule has 2 aliphatic rings. The van der Waals surface area contributed by atoms with Gasteiger partial charge in [0.2, 0.25) is 5.91 Å². The van der Waals surface area contributed by atoms with Crippen molar-refractivity contribution >= 4 is 11.6 Å². The first-order valence-corrected chi connectivity index (χ1v) is 9.00. The third kappa shape index (κ3) is 2.62. The molecule has 1 amide bonds. The molecule has 23 heavy (non-hydrogen) atoms. The molecule has 0 spiro atoms. The van der Waals surface area contributed by atoms with Gasteiger partial charge in [0.15, 0.2) is 0 Å². The van der Waals surface area contributed by atoms with Crippen molar-refractivity contribution in [2.75, 3.05) is 5.32 Å². The van der Waals surface area contributed by atoms with Crippen molar-refractivity contribution in [2.24, 2.45) is 16.7 Å². The number of amides is 1. The first-order valence-electron chi connectivity index (χ1n) is 9.00. The molecular formula is C21H29NO. The van der Waals surface area contributed by atoms with E-state index in [1.807, 2.05) is 12.1 Å². The number of anilines is 1. The van der Waals surface area contributed by atoms with E-state index in [0.717, 1.165) is 36.9 Å². The molecule has 2 saturated carbocycles. The molecule has 1 aromatic rings. The minimum absolute atomic E-state index is 0.0968. The van der Waals surface area contributed by atoms with E-state index in [2.05, 4.69) is 44.8 Å². The average Bonchev–Trinajstić information content (AvgIpc) is 3.06. The van der Waals surface area contributed by atoms with Crippen molar-refractivity contribution in [1.29, 1.82) is 0 Å². The van der Waals surface area contributed by atoms with Crippen LogP contribution in [0.4, 0.5) is 5.69 Å². The van der Waals surface area contributed by atoms with Crippen LogP contribution in [-0.4, -0.2) is 5.91 Å². The van der Waals surface area contributed by atoms with Gasteiger partial charge in [-0.1, -0.05) is 51.5 Å². The molecule has 0 aromatic heterocycles. The van der Waals surface area contributed by atoms with Crippen molar-refractivity contribution in [3.05, 3.63) is 42.0 Å². The number of hydrogen-bond donors (Lipinski definition) is 1. The molecule has 0 aliphatic heterocycles. The van der Waals surface area contributed by atoms with Gasteiger partial charge in [0.25, 0.3) is 0 Å². The third-order valence-electron chi connectivity index (χ3n) is 6.36. The minimum atomic E-state index is -0.338. The Morgan fingerprint density at radius 2 is 2.00 bits per heavy atom. The van der Waals surface area contributed by atoms with Gasteiger partial charge in [-0.3, -0.25) is 4.79 Å². The number of benzene rings is 1. The van der Waals surface area contributed by atoms with Crippen LogP contribution < -0.4 is 5.32 Å². The first kappa shape index (κ1) is 16.3. The van der Waals surface area contributed by atoms with E-state index in [-0.39, 0.29) is 16.7 Å². The summed E-state index contributed by atoms with van der Waals surface area (Å²) in [6.07, 6.45) is 6.61. The lowest BCUT2D eigenvalue weighted by molar-refractivity contribution is -0.123. The van der Waals surface area contributed by atoms with Crippen LogP contribution in [0, 0.1) is 16.7 Å². The SMILES string of the molecule is C=C1C2(C(=O)Nc3ccc(CCCC)cc3)CCC(C2)C1(C)C. The van der Waals surface area contributed by atoms with Crippen LogP contribution in [0.5, 0.6) is 0 Å². The van der Waals surface area contributed by atoms with Gasteiger partial charge in [-0.05, 0) is 61.1 Å². The largest absolute Gasteiger partial charge is 0.325 e. The van der Waals surface area contributed by atoms with E-state index in [4.69, 9.17) is 0 Å². The van der Waals surface area contributed by atoms with Crippen LogP contribution in [0.1, 0.15) is 58.4 Å². The van der Waals surface area contributed by atoms with Gasteiger partial charge >= 0.3 is 0 Å². The standard InChI is InChI=1S/C21H29NO/c1-5-6-7-16-8-10-18(11-9-16)22-19(23)21-13-12-17(14-21)20(3,4)15(21)2/h8-11,17H,2,5-7,12-14H2,1,3-4H3,(H,22,23). The Hall–Kier alpha value is -1.57. The number of carbonyl (C=O) groups excluding carboxylic acids is 1. The maximum absolute atomic E-state index is 13.0. The van der Waals surface area contributed by atoms with E-state index in [0.29, 0.717) is 5.92 Å². The smallest absolute Gasteiger partial charge is 0.234 e. The highest BCUT2D eigenvalue weighted by Crippen LogP contribution is 2.65. The monoisotopic (exact) mass is 311 g/mol. The van der Waals surface area contributed by atoms with Crippen molar-refractivity contribution in [1.82, 2.24) is 0 Å². The number of hydrogen-bond acceptors (Lipinski definition) is 1. The maximum atomic E-state index is 13.0. The topological polar surface area (TPSA) is 29.1 Å². The fraction of sp³-hybridized carbons (Fsp3) is 0.571. The number of nitrogens with one attached hydrogen (secondary N) is 1. The Morgan fingerprint density at radius 1 is 1.30 bits per heavy atom. The quantitative estimate of drug-likeness (QED) is 0.730. The van der Waals surface area contributed by atoms with Crippen LogP contribution in [0.3, 0.4) is 0 Å². The fourth-order valence-corrected chi connectivity index (χ4v) is 4.53. The Kier molecular flexibility index (Phi) is 4.12. The summed E-state index contributed by atoms with van der Waals surface area (Å²) in [7, 11) is 0. The second-order valence-corrected chi connectivity index (χ2v) is 7.98. The van der Waals surface area contributed by atoms with Crippen LogP contribution >= 0.6 is 0 Å². The van der Waals surface area contributed by atoms with Crippen LogP contribution in [0.25, 0.3) is 0 Å². The van der Waals surface area contributed by atoms with Crippen LogP contribution in [0.2, 0.25) is 0 Å². The summed E-state index contributed by atoms with van der Waals surface area (Å²) >= 11 is 0.